The SMILES string of the molecule is Cc1cccc(C)c1C(=O)NCC1CCCN(Cc2cccnc2)C1. The number of pyridine rings is 1. The van der Waals surface area contributed by atoms with Gasteiger partial charge in [0.15, 0.2) is 0 Å². The van der Waals surface area contributed by atoms with E-state index in [1.807, 2.05) is 50.5 Å². The molecule has 0 radical (unpaired) electrons. The van der Waals surface area contributed by atoms with Crippen LogP contribution in [0, 0.1) is 19.8 Å². The minimum atomic E-state index is 0.0555. The number of hydrogen-bond donors (Lipinski definition) is 1. The standard InChI is InChI=1S/C21H27N3O/c1-16-6-3-7-17(2)20(16)21(25)23-13-19-9-5-11-24(15-19)14-18-8-4-10-22-12-18/h3-4,6-8,10,12,19H,5,9,11,13-15H2,1-2H3,(H,23,25). The Morgan fingerprint density at radius 1 is 1.24 bits per heavy atom. The zero-order valence-electron chi connectivity index (χ0n) is 15.2. The summed E-state index contributed by atoms with van der Waals surface area (Å²) in [6.45, 7) is 7.83. The van der Waals surface area contributed by atoms with Gasteiger partial charge >= 0.3 is 0 Å². The van der Waals surface area contributed by atoms with Gasteiger partial charge in [-0.25, -0.2) is 0 Å². The molecule has 1 aromatic carbocycles. The van der Waals surface area contributed by atoms with E-state index in [1.165, 1.54) is 18.4 Å². The summed E-state index contributed by atoms with van der Waals surface area (Å²) < 4.78 is 0. The number of rotatable bonds is 5. The molecule has 0 spiro atoms. The third-order valence-electron chi connectivity index (χ3n) is 4.99. The lowest BCUT2D eigenvalue weighted by Gasteiger charge is -2.32. The summed E-state index contributed by atoms with van der Waals surface area (Å²) in [6, 6.07) is 10.1. The van der Waals surface area contributed by atoms with Crippen LogP contribution in [0.15, 0.2) is 42.7 Å². The number of hydrogen-bond acceptors (Lipinski definition) is 3. The van der Waals surface area contributed by atoms with Crippen molar-refractivity contribution in [1.82, 2.24) is 15.2 Å². The molecule has 0 bridgehead atoms. The van der Waals surface area contributed by atoms with Crippen molar-refractivity contribution in [3.63, 3.8) is 0 Å². The molecule has 1 amide bonds. The molecule has 1 atom stereocenters. The molecular weight excluding hydrogens is 310 g/mol. The number of carbonyl (C=O) groups is 1. The molecule has 2 aromatic rings. The zero-order valence-corrected chi connectivity index (χ0v) is 15.2. The lowest BCUT2D eigenvalue weighted by Crippen LogP contribution is -2.40. The lowest BCUT2D eigenvalue weighted by atomic mass is 9.97. The number of carbonyl (C=O) groups excluding carboxylic acids is 1. The van der Waals surface area contributed by atoms with Crippen LogP contribution in [-0.4, -0.2) is 35.4 Å². The van der Waals surface area contributed by atoms with E-state index in [2.05, 4.69) is 21.3 Å². The summed E-state index contributed by atoms with van der Waals surface area (Å²) in [7, 11) is 0. The summed E-state index contributed by atoms with van der Waals surface area (Å²) in [6.07, 6.45) is 6.11. The van der Waals surface area contributed by atoms with E-state index in [0.717, 1.165) is 42.9 Å². The van der Waals surface area contributed by atoms with Gasteiger partial charge in [-0.2, -0.15) is 0 Å². The highest BCUT2D eigenvalue weighted by Gasteiger charge is 2.21. The van der Waals surface area contributed by atoms with Gasteiger partial charge in [-0.15, -0.1) is 0 Å². The summed E-state index contributed by atoms with van der Waals surface area (Å²) in [5.74, 6) is 0.568. The van der Waals surface area contributed by atoms with Crippen LogP contribution in [0.25, 0.3) is 0 Å². The Morgan fingerprint density at radius 2 is 2.04 bits per heavy atom. The molecule has 25 heavy (non-hydrogen) atoms. The van der Waals surface area contributed by atoms with Gasteiger partial charge in [0.2, 0.25) is 0 Å². The number of piperidine rings is 1. The Hall–Kier alpha value is -2.20. The van der Waals surface area contributed by atoms with Crippen LogP contribution in [0.3, 0.4) is 0 Å². The Morgan fingerprint density at radius 3 is 2.76 bits per heavy atom. The van der Waals surface area contributed by atoms with Crippen LogP contribution in [0.1, 0.15) is 39.9 Å². The Labute approximate surface area is 150 Å². The van der Waals surface area contributed by atoms with Gasteiger partial charge in [0.05, 0.1) is 0 Å². The Balaban J connectivity index is 1.53. The van der Waals surface area contributed by atoms with Crippen LogP contribution < -0.4 is 5.32 Å². The van der Waals surface area contributed by atoms with E-state index < -0.39 is 0 Å². The van der Waals surface area contributed by atoms with Crippen molar-refractivity contribution in [2.75, 3.05) is 19.6 Å². The number of amides is 1. The Bertz CT molecular complexity index is 694. The second-order valence-corrected chi connectivity index (χ2v) is 7.08. The predicted molar refractivity (Wildman–Crippen MR) is 100 cm³/mol. The summed E-state index contributed by atoms with van der Waals surface area (Å²) in [5.41, 5.74) is 4.16. The maximum atomic E-state index is 12.6. The number of aromatic nitrogens is 1. The first-order chi connectivity index (χ1) is 12.1. The zero-order chi connectivity index (χ0) is 17.6. The van der Waals surface area contributed by atoms with Crippen LogP contribution >= 0.6 is 0 Å². The van der Waals surface area contributed by atoms with Gasteiger partial charge in [-0.05, 0) is 61.9 Å². The van der Waals surface area contributed by atoms with Gasteiger partial charge in [0, 0.05) is 37.6 Å². The average Bonchev–Trinajstić information content (AvgIpc) is 2.61. The topological polar surface area (TPSA) is 45.2 Å². The first-order valence-electron chi connectivity index (χ1n) is 9.09. The average molecular weight is 337 g/mol. The number of likely N-dealkylation sites (tertiary alicyclic amines) is 1. The van der Waals surface area contributed by atoms with Crippen molar-refractivity contribution in [2.45, 2.75) is 33.2 Å². The third-order valence-corrected chi connectivity index (χ3v) is 4.99. The van der Waals surface area contributed by atoms with Gasteiger partial charge < -0.3 is 5.32 Å². The largest absolute Gasteiger partial charge is 0.352 e. The van der Waals surface area contributed by atoms with Gasteiger partial charge in [0.1, 0.15) is 0 Å². The fourth-order valence-electron chi connectivity index (χ4n) is 3.71. The lowest BCUT2D eigenvalue weighted by molar-refractivity contribution is 0.0929. The summed E-state index contributed by atoms with van der Waals surface area (Å²) in [5, 5.41) is 3.16. The highest BCUT2D eigenvalue weighted by atomic mass is 16.1. The molecule has 132 valence electrons. The molecule has 1 aromatic heterocycles. The van der Waals surface area contributed by atoms with Crippen LogP contribution in [0.4, 0.5) is 0 Å². The second-order valence-electron chi connectivity index (χ2n) is 7.08. The van der Waals surface area contributed by atoms with E-state index >= 15 is 0 Å². The third kappa shape index (κ3) is 4.67. The maximum Gasteiger partial charge on any atom is 0.251 e. The highest BCUT2D eigenvalue weighted by molar-refractivity contribution is 5.97. The van der Waals surface area contributed by atoms with Gasteiger partial charge in [-0.1, -0.05) is 24.3 Å². The van der Waals surface area contributed by atoms with Crippen molar-refractivity contribution in [1.29, 1.82) is 0 Å². The van der Waals surface area contributed by atoms with E-state index in [-0.39, 0.29) is 5.91 Å². The van der Waals surface area contributed by atoms with Gasteiger partial charge in [-0.3, -0.25) is 14.7 Å². The fraction of sp³-hybridized carbons (Fsp3) is 0.429. The van der Waals surface area contributed by atoms with Gasteiger partial charge in [0.25, 0.3) is 5.91 Å². The normalized spacial score (nSPS) is 18.1. The second kappa shape index (κ2) is 8.26. The minimum Gasteiger partial charge on any atom is -0.352 e. The molecule has 1 N–H and O–H groups in total. The molecule has 2 heterocycles. The molecule has 1 unspecified atom stereocenters. The van der Waals surface area contributed by atoms with Crippen molar-refractivity contribution in [2.24, 2.45) is 5.92 Å². The molecule has 3 rings (SSSR count). The number of aryl methyl sites for hydroxylation is 2. The molecule has 1 saturated heterocycles. The van der Waals surface area contributed by atoms with Crippen LogP contribution in [0.5, 0.6) is 0 Å². The van der Waals surface area contributed by atoms with Crippen molar-refractivity contribution in [3.05, 3.63) is 65.0 Å². The molecule has 0 aliphatic carbocycles. The Kier molecular flexibility index (Phi) is 5.82. The van der Waals surface area contributed by atoms with E-state index in [1.54, 1.807) is 0 Å². The number of benzene rings is 1. The molecular formula is C21H27N3O. The number of nitrogens with zero attached hydrogens (tertiary/aromatic N) is 2. The molecule has 1 fully saturated rings. The quantitative estimate of drug-likeness (QED) is 0.910. The molecule has 0 saturated carbocycles. The minimum absolute atomic E-state index is 0.0555. The maximum absolute atomic E-state index is 12.6. The molecule has 1 aliphatic rings. The smallest absolute Gasteiger partial charge is 0.251 e. The predicted octanol–water partition coefficient (Wildman–Crippen LogP) is 3.34. The summed E-state index contributed by atoms with van der Waals surface area (Å²) in [4.78, 5) is 19.2. The highest BCUT2D eigenvalue weighted by Crippen LogP contribution is 2.18. The first kappa shape index (κ1) is 17.6. The van der Waals surface area contributed by atoms with Crippen molar-refractivity contribution < 1.29 is 4.79 Å². The van der Waals surface area contributed by atoms with Crippen molar-refractivity contribution in [3.8, 4) is 0 Å². The van der Waals surface area contributed by atoms with E-state index in [0.29, 0.717) is 5.92 Å². The fourth-order valence-corrected chi connectivity index (χ4v) is 3.71. The van der Waals surface area contributed by atoms with Crippen LogP contribution in [-0.2, 0) is 6.54 Å². The molecule has 4 heteroatoms. The van der Waals surface area contributed by atoms with E-state index in [9.17, 15) is 4.79 Å². The first-order valence-corrected chi connectivity index (χ1v) is 9.09. The van der Waals surface area contributed by atoms with Crippen molar-refractivity contribution >= 4 is 5.91 Å². The monoisotopic (exact) mass is 337 g/mol. The number of nitrogens with one attached hydrogen (secondary N) is 1. The molecule has 4 nitrogen and oxygen atoms in total. The van der Waals surface area contributed by atoms with E-state index in [4.69, 9.17) is 0 Å². The van der Waals surface area contributed by atoms with Crippen LogP contribution in [0.2, 0.25) is 0 Å². The summed E-state index contributed by atoms with van der Waals surface area (Å²) >= 11 is 0. The molecule has 1 aliphatic heterocycles.